The summed E-state index contributed by atoms with van der Waals surface area (Å²) in [6.07, 6.45) is 2.81. The number of hydrogen-bond acceptors (Lipinski definition) is 4. The number of aromatic nitrogens is 1. The summed E-state index contributed by atoms with van der Waals surface area (Å²) in [5, 5.41) is 3.36. The quantitative estimate of drug-likeness (QED) is 0.495. The molecule has 4 rings (SSSR count). The second-order valence-electron chi connectivity index (χ2n) is 7.60. The van der Waals surface area contributed by atoms with E-state index in [2.05, 4.69) is 15.1 Å². The van der Waals surface area contributed by atoms with Crippen LogP contribution in [-0.2, 0) is 5.54 Å². The van der Waals surface area contributed by atoms with E-state index in [-0.39, 0.29) is 17.8 Å². The lowest BCUT2D eigenvalue weighted by molar-refractivity contribution is 0.102. The maximum absolute atomic E-state index is 12.8. The highest BCUT2D eigenvalue weighted by atomic mass is 35.5. The van der Waals surface area contributed by atoms with Crippen LogP contribution in [0.2, 0.25) is 5.02 Å². The van der Waals surface area contributed by atoms with Crippen LogP contribution in [0.3, 0.4) is 0 Å². The third-order valence-electron chi connectivity index (χ3n) is 5.37. The van der Waals surface area contributed by atoms with Crippen LogP contribution in [0.25, 0.3) is 4.85 Å². The Hall–Kier alpha value is -3.56. The fraction of sp³-hybridized carbons (Fsp3) is 0.208. The zero-order valence-electron chi connectivity index (χ0n) is 16.9. The number of pyridine rings is 1. The van der Waals surface area contributed by atoms with Crippen LogP contribution in [0.15, 0.2) is 60.8 Å². The molecule has 1 aliphatic rings. The topological polar surface area (TPSA) is 81.6 Å². The lowest BCUT2D eigenvalue weighted by Gasteiger charge is -2.17. The summed E-state index contributed by atoms with van der Waals surface area (Å²) >= 11 is 5.98. The molecule has 31 heavy (non-hydrogen) atoms. The highest BCUT2D eigenvalue weighted by Crippen LogP contribution is 2.49. The molecule has 1 aromatic heterocycles. The summed E-state index contributed by atoms with van der Waals surface area (Å²) in [5.74, 6) is 0.435. The molecule has 1 heterocycles. The number of carbonyl (C=O) groups is 1. The number of amides is 1. The third kappa shape index (κ3) is 4.47. The maximum atomic E-state index is 12.8. The van der Waals surface area contributed by atoms with Crippen molar-refractivity contribution in [2.24, 2.45) is 0 Å². The molecule has 1 saturated carbocycles. The number of benzene rings is 2. The van der Waals surface area contributed by atoms with Crippen LogP contribution in [0.1, 0.15) is 47.4 Å². The molecule has 3 aromatic rings. The maximum Gasteiger partial charge on any atom is 0.258 e. The fourth-order valence-corrected chi connectivity index (χ4v) is 3.54. The molecule has 0 saturated heterocycles. The van der Waals surface area contributed by atoms with Gasteiger partial charge in [-0.2, -0.15) is 0 Å². The van der Waals surface area contributed by atoms with Crippen molar-refractivity contribution in [3.05, 3.63) is 93.9 Å². The minimum atomic E-state index is -0.444. The first-order valence-electron chi connectivity index (χ1n) is 9.88. The van der Waals surface area contributed by atoms with Gasteiger partial charge in [0.1, 0.15) is 6.10 Å². The van der Waals surface area contributed by atoms with Gasteiger partial charge in [0.25, 0.3) is 11.4 Å². The summed E-state index contributed by atoms with van der Waals surface area (Å²) in [7, 11) is 0. The molecule has 1 aliphatic carbocycles. The van der Waals surface area contributed by atoms with Crippen molar-refractivity contribution in [2.45, 2.75) is 31.4 Å². The Morgan fingerprint density at radius 3 is 2.77 bits per heavy atom. The predicted molar refractivity (Wildman–Crippen MR) is 121 cm³/mol. The summed E-state index contributed by atoms with van der Waals surface area (Å²) in [6.45, 7) is 9.30. The van der Waals surface area contributed by atoms with Crippen LogP contribution >= 0.6 is 11.6 Å². The number of nitrogens with zero attached hydrogens (tertiary/aromatic N) is 2. The summed E-state index contributed by atoms with van der Waals surface area (Å²) in [5.41, 5.74) is 8.35. The predicted octanol–water partition coefficient (Wildman–Crippen LogP) is 5.62. The number of nitrogens with one attached hydrogen (secondary N) is 1. The van der Waals surface area contributed by atoms with E-state index < -0.39 is 5.54 Å². The molecule has 0 bridgehead atoms. The normalized spacial score (nSPS) is 14.9. The van der Waals surface area contributed by atoms with Crippen molar-refractivity contribution in [3.63, 3.8) is 0 Å². The van der Waals surface area contributed by atoms with Crippen molar-refractivity contribution >= 4 is 29.0 Å². The molecular formula is C24H21ClN4O2. The zero-order chi connectivity index (χ0) is 22.0. The van der Waals surface area contributed by atoms with Crippen LogP contribution in [0.5, 0.6) is 5.75 Å². The number of hydrogen-bond donors (Lipinski definition) is 2. The lowest BCUT2D eigenvalue weighted by atomic mass is 10.0. The molecule has 1 amide bonds. The molecule has 7 heteroatoms. The van der Waals surface area contributed by atoms with Gasteiger partial charge in [0, 0.05) is 41.9 Å². The Kier molecular flexibility index (Phi) is 5.53. The van der Waals surface area contributed by atoms with Crippen LogP contribution in [0.4, 0.5) is 11.5 Å². The minimum Gasteiger partial charge on any atom is -0.482 e. The molecule has 0 spiro atoms. The van der Waals surface area contributed by atoms with Crippen molar-refractivity contribution in [3.8, 4) is 5.75 Å². The molecule has 0 unspecified atom stereocenters. The van der Waals surface area contributed by atoms with Crippen LogP contribution < -0.4 is 15.8 Å². The Bertz CT molecular complexity index is 1180. The molecule has 6 nitrogen and oxygen atoms in total. The Balaban J connectivity index is 1.49. The van der Waals surface area contributed by atoms with E-state index in [0.29, 0.717) is 22.0 Å². The number of ether oxygens (including phenoxy) is 1. The zero-order valence-corrected chi connectivity index (χ0v) is 17.7. The number of anilines is 2. The van der Waals surface area contributed by atoms with Gasteiger partial charge in [0.2, 0.25) is 0 Å². The second kappa shape index (κ2) is 8.29. The van der Waals surface area contributed by atoms with Crippen molar-refractivity contribution < 1.29 is 9.53 Å². The van der Waals surface area contributed by atoms with Gasteiger partial charge in [0.05, 0.1) is 5.02 Å². The number of halogens is 1. The lowest BCUT2D eigenvalue weighted by Crippen LogP contribution is -2.14. The molecule has 1 atom stereocenters. The van der Waals surface area contributed by atoms with Gasteiger partial charge in [0.15, 0.2) is 11.6 Å². The van der Waals surface area contributed by atoms with Crippen LogP contribution in [-0.4, -0.2) is 10.9 Å². The first-order valence-corrected chi connectivity index (χ1v) is 10.3. The van der Waals surface area contributed by atoms with Crippen molar-refractivity contribution in [2.75, 3.05) is 11.1 Å². The van der Waals surface area contributed by atoms with Crippen LogP contribution in [0, 0.1) is 6.57 Å². The first kappa shape index (κ1) is 20.7. The summed E-state index contributed by atoms with van der Waals surface area (Å²) in [6, 6.07) is 16.3. The number of nitrogen functional groups attached to an aromatic ring is 1. The van der Waals surface area contributed by atoms with E-state index in [4.69, 9.17) is 28.6 Å². The SMILES string of the molecule is [C-]#[N+]C1(c2cccc(C(=O)Nc3cccc([C@@H](C)Oc4cc(Cl)cnc4N)c3)c2)CC1. The monoisotopic (exact) mass is 432 g/mol. The number of carbonyl (C=O) groups excluding carboxylic acids is 1. The van der Waals surface area contributed by atoms with Crippen molar-refractivity contribution in [1.29, 1.82) is 0 Å². The Morgan fingerprint density at radius 1 is 1.26 bits per heavy atom. The highest BCUT2D eigenvalue weighted by Gasteiger charge is 2.52. The van der Waals surface area contributed by atoms with Crippen molar-refractivity contribution in [1.82, 2.24) is 4.98 Å². The first-order chi connectivity index (χ1) is 14.9. The van der Waals surface area contributed by atoms with E-state index >= 15 is 0 Å². The third-order valence-corrected chi connectivity index (χ3v) is 5.57. The second-order valence-corrected chi connectivity index (χ2v) is 8.04. The number of rotatable bonds is 6. The molecule has 156 valence electrons. The van der Waals surface area contributed by atoms with E-state index in [1.54, 1.807) is 12.1 Å². The molecule has 1 fully saturated rings. The summed E-state index contributed by atoms with van der Waals surface area (Å²) < 4.78 is 5.92. The minimum absolute atomic E-state index is 0.225. The highest BCUT2D eigenvalue weighted by molar-refractivity contribution is 6.30. The molecule has 3 N–H and O–H groups in total. The number of nitrogens with two attached hydrogens (primary N) is 1. The van der Waals surface area contributed by atoms with Gasteiger partial charge >= 0.3 is 0 Å². The Labute approximate surface area is 185 Å². The standard InChI is InChI=1S/C24H21ClN4O2/c1-15(31-21-13-19(25)14-28-22(21)26)16-5-4-8-20(12-16)29-23(30)17-6-3-7-18(11-17)24(27-2)9-10-24/h3-8,11-15H,9-10H2,1H3,(H2,26,28)(H,29,30)/t15-/m1/s1. The fourth-order valence-electron chi connectivity index (χ4n) is 3.39. The summed E-state index contributed by atoms with van der Waals surface area (Å²) in [4.78, 5) is 20.5. The van der Waals surface area contributed by atoms with Gasteiger partial charge in [-0.25, -0.2) is 11.6 Å². The molecular weight excluding hydrogens is 412 g/mol. The van der Waals surface area contributed by atoms with Gasteiger partial charge in [-0.15, -0.1) is 0 Å². The molecule has 0 radical (unpaired) electrons. The van der Waals surface area contributed by atoms with Gasteiger partial charge in [-0.3, -0.25) is 4.79 Å². The van der Waals surface area contributed by atoms with E-state index in [1.165, 1.54) is 6.20 Å². The van der Waals surface area contributed by atoms with E-state index in [9.17, 15) is 4.79 Å². The Morgan fingerprint density at radius 2 is 2.03 bits per heavy atom. The van der Waals surface area contributed by atoms with E-state index in [1.807, 2.05) is 49.4 Å². The average molecular weight is 433 g/mol. The van der Waals surface area contributed by atoms with Gasteiger partial charge in [-0.1, -0.05) is 35.9 Å². The van der Waals surface area contributed by atoms with E-state index in [0.717, 1.165) is 24.0 Å². The molecule has 2 aromatic carbocycles. The van der Waals surface area contributed by atoms with Gasteiger partial charge in [-0.05, 0) is 36.8 Å². The average Bonchev–Trinajstić information content (AvgIpc) is 3.58. The molecule has 0 aliphatic heterocycles. The smallest absolute Gasteiger partial charge is 0.258 e. The largest absolute Gasteiger partial charge is 0.482 e. The van der Waals surface area contributed by atoms with Gasteiger partial charge < -0.3 is 20.6 Å².